The van der Waals surface area contributed by atoms with Crippen molar-refractivity contribution >= 4 is 0 Å². The van der Waals surface area contributed by atoms with E-state index in [9.17, 15) is 0 Å². The van der Waals surface area contributed by atoms with Crippen LogP contribution in [0.5, 0.6) is 0 Å². The van der Waals surface area contributed by atoms with Gasteiger partial charge < -0.3 is 10.6 Å². The number of hydrogen-bond donors (Lipinski definition) is 2. The molecule has 0 aromatic rings. The van der Waals surface area contributed by atoms with Crippen molar-refractivity contribution in [2.75, 3.05) is 13.1 Å². The second-order valence-electron chi connectivity index (χ2n) is 5.22. The van der Waals surface area contributed by atoms with Crippen LogP contribution in [0, 0.1) is 0 Å². The summed E-state index contributed by atoms with van der Waals surface area (Å²) in [6.07, 6.45) is 12.7. The molecule has 0 aromatic carbocycles. The van der Waals surface area contributed by atoms with E-state index < -0.39 is 0 Å². The van der Waals surface area contributed by atoms with Gasteiger partial charge in [-0.05, 0) is 51.6 Å². The van der Waals surface area contributed by atoms with E-state index in [0.717, 1.165) is 12.1 Å². The Morgan fingerprint density at radius 3 is 2.53 bits per heavy atom. The molecule has 1 atom stereocenters. The molecule has 2 nitrogen and oxygen atoms in total. The van der Waals surface area contributed by atoms with Crippen LogP contribution < -0.4 is 10.6 Å². The lowest BCUT2D eigenvalue weighted by atomic mass is 10.0. The third-order valence-corrected chi connectivity index (χ3v) is 3.93. The Hall–Kier alpha value is -0.0800. The van der Waals surface area contributed by atoms with Crippen molar-refractivity contribution in [3.8, 4) is 0 Å². The summed E-state index contributed by atoms with van der Waals surface area (Å²) in [5.41, 5.74) is 0. The van der Waals surface area contributed by atoms with Gasteiger partial charge in [0.25, 0.3) is 0 Å². The first-order chi connectivity index (χ1) is 7.45. The molecule has 2 aliphatic rings. The molecule has 15 heavy (non-hydrogen) atoms. The van der Waals surface area contributed by atoms with Crippen molar-refractivity contribution in [1.82, 2.24) is 10.6 Å². The van der Waals surface area contributed by atoms with E-state index >= 15 is 0 Å². The summed E-state index contributed by atoms with van der Waals surface area (Å²) in [6, 6.07) is 1.67. The van der Waals surface area contributed by atoms with Crippen molar-refractivity contribution in [3.05, 3.63) is 0 Å². The molecule has 0 amide bonds. The zero-order valence-corrected chi connectivity index (χ0v) is 9.93. The predicted molar refractivity (Wildman–Crippen MR) is 65.1 cm³/mol. The molecule has 0 radical (unpaired) electrons. The van der Waals surface area contributed by atoms with Crippen molar-refractivity contribution in [1.29, 1.82) is 0 Å². The standard InChI is InChI=1S/C13H26N2/c1-2-7-12(6-1)15-11-5-9-13-8-3-4-10-14-13/h12-15H,1-11H2. The van der Waals surface area contributed by atoms with E-state index in [4.69, 9.17) is 0 Å². The van der Waals surface area contributed by atoms with Crippen LogP contribution in [0.25, 0.3) is 0 Å². The molecule has 1 unspecified atom stereocenters. The SMILES string of the molecule is C1CCC(CCCNC2CCCC2)NC1. The second-order valence-corrected chi connectivity index (χ2v) is 5.22. The van der Waals surface area contributed by atoms with Gasteiger partial charge in [-0.15, -0.1) is 0 Å². The number of nitrogens with one attached hydrogen (secondary N) is 2. The molecule has 0 bridgehead atoms. The lowest BCUT2D eigenvalue weighted by Gasteiger charge is -2.23. The molecule has 1 heterocycles. The van der Waals surface area contributed by atoms with Gasteiger partial charge in [-0.3, -0.25) is 0 Å². The van der Waals surface area contributed by atoms with Gasteiger partial charge in [0, 0.05) is 12.1 Å². The molecule has 1 aliphatic heterocycles. The first-order valence-electron chi connectivity index (χ1n) is 6.92. The van der Waals surface area contributed by atoms with Crippen LogP contribution in [0.15, 0.2) is 0 Å². The Balaban J connectivity index is 1.47. The van der Waals surface area contributed by atoms with Gasteiger partial charge in [0.2, 0.25) is 0 Å². The second kappa shape index (κ2) is 6.49. The lowest BCUT2D eigenvalue weighted by Crippen LogP contribution is -2.35. The Morgan fingerprint density at radius 1 is 1.00 bits per heavy atom. The molecular weight excluding hydrogens is 184 g/mol. The van der Waals surface area contributed by atoms with Crippen molar-refractivity contribution in [3.63, 3.8) is 0 Å². The van der Waals surface area contributed by atoms with Gasteiger partial charge >= 0.3 is 0 Å². The maximum Gasteiger partial charge on any atom is 0.00675 e. The first kappa shape index (κ1) is 11.4. The Morgan fingerprint density at radius 2 is 1.80 bits per heavy atom. The third kappa shape index (κ3) is 4.12. The van der Waals surface area contributed by atoms with E-state index in [1.165, 1.54) is 70.9 Å². The molecule has 1 saturated heterocycles. The Kier molecular flexibility index (Phi) is 4.94. The summed E-state index contributed by atoms with van der Waals surface area (Å²) in [6.45, 7) is 2.49. The highest BCUT2D eigenvalue weighted by Crippen LogP contribution is 2.17. The monoisotopic (exact) mass is 210 g/mol. The van der Waals surface area contributed by atoms with E-state index in [-0.39, 0.29) is 0 Å². The molecule has 0 aromatic heterocycles. The van der Waals surface area contributed by atoms with Crippen LogP contribution in [-0.2, 0) is 0 Å². The van der Waals surface area contributed by atoms with Gasteiger partial charge in [0.1, 0.15) is 0 Å². The zero-order chi connectivity index (χ0) is 10.3. The number of hydrogen-bond acceptors (Lipinski definition) is 2. The molecule has 0 spiro atoms. The zero-order valence-electron chi connectivity index (χ0n) is 9.93. The molecule has 1 saturated carbocycles. The maximum absolute atomic E-state index is 3.69. The van der Waals surface area contributed by atoms with Crippen LogP contribution in [0.1, 0.15) is 57.8 Å². The van der Waals surface area contributed by atoms with Gasteiger partial charge in [-0.25, -0.2) is 0 Å². The fourth-order valence-corrected chi connectivity index (χ4v) is 2.95. The summed E-state index contributed by atoms with van der Waals surface area (Å²) in [5.74, 6) is 0. The van der Waals surface area contributed by atoms with E-state index in [2.05, 4.69) is 10.6 Å². The van der Waals surface area contributed by atoms with Crippen LogP contribution in [0.4, 0.5) is 0 Å². The smallest absolute Gasteiger partial charge is 0.00675 e. The van der Waals surface area contributed by atoms with Crippen molar-refractivity contribution < 1.29 is 0 Å². The quantitative estimate of drug-likeness (QED) is 0.681. The fraction of sp³-hybridized carbons (Fsp3) is 1.00. The molecule has 2 fully saturated rings. The summed E-state index contributed by atoms with van der Waals surface area (Å²) >= 11 is 0. The highest BCUT2D eigenvalue weighted by atomic mass is 14.9. The minimum absolute atomic E-state index is 0.823. The van der Waals surface area contributed by atoms with E-state index in [1.807, 2.05) is 0 Å². The lowest BCUT2D eigenvalue weighted by molar-refractivity contribution is 0.369. The van der Waals surface area contributed by atoms with Crippen molar-refractivity contribution in [2.45, 2.75) is 69.9 Å². The maximum atomic E-state index is 3.69. The van der Waals surface area contributed by atoms with Gasteiger partial charge in [-0.1, -0.05) is 19.3 Å². The Labute approximate surface area is 94.2 Å². The fourth-order valence-electron chi connectivity index (χ4n) is 2.95. The largest absolute Gasteiger partial charge is 0.314 e. The van der Waals surface area contributed by atoms with E-state index in [0.29, 0.717) is 0 Å². The van der Waals surface area contributed by atoms with Crippen molar-refractivity contribution in [2.24, 2.45) is 0 Å². The van der Waals surface area contributed by atoms with Crippen LogP contribution in [0.3, 0.4) is 0 Å². The molecule has 88 valence electrons. The first-order valence-corrected chi connectivity index (χ1v) is 6.92. The van der Waals surface area contributed by atoms with Gasteiger partial charge in [0.05, 0.1) is 0 Å². The minimum Gasteiger partial charge on any atom is -0.314 e. The number of rotatable bonds is 5. The van der Waals surface area contributed by atoms with Crippen LogP contribution in [0.2, 0.25) is 0 Å². The van der Waals surface area contributed by atoms with Crippen LogP contribution in [-0.4, -0.2) is 25.2 Å². The summed E-state index contributed by atoms with van der Waals surface area (Å²) in [5, 5.41) is 7.31. The molecule has 2 N–H and O–H groups in total. The third-order valence-electron chi connectivity index (χ3n) is 3.93. The average molecular weight is 210 g/mol. The van der Waals surface area contributed by atoms with Gasteiger partial charge in [0.15, 0.2) is 0 Å². The molecular formula is C13H26N2. The topological polar surface area (TPSA) is 24.1 Å². The molecule has 2 rings (SSSR count). The highest BCUT2D eigenvalue weighted by molar-refractivity contribution is 4.75. The summed E-state index contributed by atoms with van der Waals surface area (Å²) in [4.78, 5) is 0. The summed E-state index contributed by atoms with van der Waals surface area (Å²) in [7, 11) is 0. The molecule has 1 aliphatic carbocycles. The average Bonchev–Trinajstić information content (AvgIpc) is 2.79. The van der Waals surface area contributed by atoms with Crippen LogP contribution >= 0.6 is 0 Å². The number of piperidine rings is 1. The molecule has 2 heteroatoms. The van der Waals surface area contributed by atoms with E-state index in [1.54, 1.807) is 0 Å². The minimum atomic E-state index is 0.823. The normalized spacial score (nSPS) is 28.4. The highest BCUT2D eigenvalue weighted by Gasteiger charge is 2.14. The van der Waals surface area contributed by atoms with Gasteiger partial charge in [-0.2, -0.15) is 0 Å². The predicted octanol–water partition coefficient (Wildman–Crippen LogP) is 2.44. The Bertz CT molecular complexity index is 158. The summed E-state index contributed by atoms with van der Waals surface area (Å²) < 4.78 is 0.